The van der Waals surface area contributed by atoms with Crippen molar-refractivity contribution in [3.8, 4) is 0 Å². The minimum atomic E-state index is -0.270. The molecule has 0 saturated heterocycles. The highest BCUT2D eigenvalue weighted by atomic mass is 16.5. The molecular weight excluding hydrogens is 310 g/mol. The van der Waals surface area contributed by atoms with Crippen molar-refractivity contribution in [2.24, 2.45) is 23.5 Å². The van der Waals surface area contributed by atoms with Crippen molar-refractivity contribution in [2.45, 2.75) is 39.5 Å². The van der Waals surface area contributed by atoms with Gasteiger partial charge in [-0.05, 0) is 69.4 Å². The second-order valence-corrected chi connectivity index (χ2v) is 7.22. The van der Waals surface area contributed by atoms with E-state index in [4.69, 9.17) is 10.5 Å². The Morgan fingerprint density at radius 2 is 1.92 bits per heavy atom. The molecule has 0 radical (unpaired) electrons. The van der Waals surface area contributed by atoms with Crippen molar-refractivity contribution in [3.63, 3.8) is 0 Å². The van der Waals surface area contributed by atoms with Crippen LogP contribution in [-0.4, -0.2) is 19.6 Å². The molecule has 1 fully saturated rings. The highest BCUT2D eigenvalue weighted by Crippen LogP contribution is 2.39. The number of ether oxygens (including phenoxy) is 1. The van der Waals surface area contributed by atoms with Crippen LogP contribution in [0.1, 0.15) is 38.7 Å². The Hall–Kier alpha value is -1.87. The van der Waals surface area contributed by atoms with Gasteiger partial charge in [0.25, 0.3) is 0 Å². The fourth-order valence-electron chi connectivity index (χ4n) is 3.86. The predicted molar refractivity (Wildman–Crippen MR) is 103 cm³/mol. The lowest BCUT2D eigenvalue weighted by atomic mass is 9.69. The van der Waals surface area contributed by atoms with Crippen LogP contribution < -0.4 is 5.73 Å². The van der Waals surface area contributed by atoms with Crippen LogP contribution >= 0.6 is 0 Å². The van der Waals surface area contributed by atoms with Crippen molar-refractivity contribution in [3.05, 3.63) is 59.2 Å². The molecule has 3 nitrogen and oxygen atoms in total. The Morgan fingerprint density at radius 1 is 1.20 bits per heavy atom. The van der Waals surface area contributed by atoms with Crippen molar-refractivity contribution in [1.82, 2.24) is 0 Å². The molecule has 2 rings (SSSR count). The molecule has 0 aliphatic heterocycles. The van der Waals surface area contributed by atoms with Gasteiger partial charge in [0, 0.05) is 5.57 Å². The van der Waals surface area contributed by atoms with E-state index in [0.29, 0.717) is 23.3 Å². The summed E-state index contributed by atoms with van der Waals surface area (Å²) in [5.74, 6) is 1.48. The van der Waals surface area contributed by atoms with Gasteiger partial charge < -0.3 is 10.5 Å². The van der Waals surface area contributed by atoms with Crippen molar-refractivity contribution in [2.75, 3.05) is 13.7 Å². The molecule has 0 aromatic heterocycles. The minimum absolute atomic E-state index is 0.270. The number of nitrogens with two attached hydrogens (primary N) is 1. The van der Waals surface area contributed by atoms with E-state index in [1.165, 1.54) is 31.1 Å². The summed E-state index contributed by atoms with van der Waals surface area (Å²) < 4.78 is 4.77. The molecule has 25 heavy (non-hydrogen) atoms. The first-order chi connectivity index (χ1) is 12.0. The van der Waals surface area contributed by atoms with Crippen LogP contribution in [0, 0.1) is 17.8 Å². The monoisotopic (exact) mass is 341 g/mol. The maximum Gasteiger partial charge on any atom is 0.333 e. The first-order valence-corrected chi connectivity index (χ1v) is 9.22. The number of benzene rings is 1. The standard InChI is InChI=1S/C22H31NO2/c1-16(9-10-17(2)22(24)25-3)21-14-19(15-23)11-12-20(21)13-18-7-5-4-6-8-18/h4-10,19-21H,11-15,23H2,1-3H3/b16-9?,17-10+. The van der Waals surface area contributed by atoms with Crippen LogP contribution in [0.15, 0.2) is 53.6 Å². The normalized spacial score (nSPS) is 24.9. The van der Waals surface area contributed by atoms with Crippen molar-refractivity contribution < 1.29 is 9.53 Å². The summed E-state index contributed by atoms with van der Waals surface area (Å²) in [5.41, 5.74) is 9.32. The van der Waals surface area contributed by atoms with Crippen molar-refractivity contribution in [1.29, 1.82) is 0 Å². The summed E-state index contributed by atoms with van der Waals surface area (Å²) in [6, 6.07) is 10.7. The van der Waals surface area contributed by atoms with E-state index in [2.05, 4.69) is 43.3 Å². The summed E-state index contributed by atoms with van der Waals surface area (Å²) in [4.78, 5) is 11.6. The quantitative estimate of drug-likeness (QED) is 0.477. The fourth-order valence-corrected chi connectivity index (χ4v) is 3.86. The molecule has 1 aliphatic carbocycles. The number of carbonyl (C=O) groups is 1. The molecule has 3 heteroatoms. The largest absolute Gasteiger partial charge is 0.466 e. The molecule has 0 bridgehead atoms. The molecular formula is C22H31NO2. The molecule has 0 heterocycles. The molecule has 3 atom stereocenters. The zero-order chi connectivity index (χ0) is 18.2. The summed E-state index contributed by atoms with van der Waals surface area (Å²) in [6.45, 7) is 4.74. The lowest BCUT2D eigenvalue weighted by Crippen LogP contribution is -2.30. The van der Waals surface area contributed by atoms with E-state index in [1.54, 1.807) is 6.92 Å². The number of carbonyl (C=O) groups excluding carboxylic acids is 1. The van der Waals surface area contributed by atoms with Gasteiger partial charge in [-0.1, -0.05) is 48.1 Å². The van der Waals surface area contributed by atoms with Crippen LogP contribution in [0.2, 0.25) is 0 Å². The third-order valence-corrected chi connectivity index (χ3v) is 5.46. The lowest BCUT2D eigenvalue weighted by Gasteiger charge is -2.37. The van der Waals surface area contributed by atoms with Gasteiger partial charge in [-0.15, -0.1) is 0 Å². The van der Waals surface area contributed by atoms with Gasteiger partial charge in [0.2, 0.25) is 0 Å². The second-order valence-electron chi connectivity index (χ2n) is 7.22. The van der Waals surface area contributed by atoms with E-state index in [1.807, 2.05) is 6.08 Å². The highest BCUT2D eigenvalue weighted by Gasteiger charge is 2.30. The number of hydrogen-bond donors (Lipinski definition) is 1. The maximum atomic E-state index is 11.6. The Labute approximate surface area is 152 Å². The summed E-state index contributed by atoms with van der Waals surface area (Å²) >= 11 is 0. The van der Waals surface area contributed by atoms with Crippen LogP contribution in [0.4, 0.5) is 0 Å². The van der Waals surface area contributed by atoms with Crippen LogP contribution in [0.3, 0.4) is 0 Å². The molecule has 136 valence electrons. The first kappa shape index (κ1) is 19.5. The highest BCUT2D eigenvalue weighted by molar-refractivity contribution is 5.87. The van der Waals surface area contributed by atoms with Gasteiger partial charge in [-0.25, -0.2) is 4.79 Å². The molecule has 1 aliphatic rings. The first-order valence-electron chi connectivity index (χ1n) is 9.22. The Bertz CT molecular complexity index is 618. The Kier molecular flexibility index (Phi) is 7.45. The predicted octanol–water partition coefficient (Wildman–Crippen LogP) is 4.29. The van der Waals surface area contributed by atoms with Gasteiger partial charge in [0.15, 0.2) is 0 Å². The Balaban J connectivity index is 2.16. The third-order valence-electron chi connectivity index (χ3n) is 5.46. The van der Waals surface area contributed by atoms with Crippen LogP contribution in [-0.2, 0) is 16.0 Å². The molecule has 1 aromatic rings. The molecule has 0 amide bonds. The second kappa shape index (κ2) is 9.57. The van der Waals surface area contributed by atoms with E-state index < -0.39 is 0 Å². The SMILES string of the molecule is COC(=O)/C(C)=C/C=C(C)C1CC(CN)CCC1Cc1ccccc1. The summed E-state index contributed by atoms with van der Waals surface area (Å²) in [5, 5.41) is 0. The Morgan fingerprint density at radius 3 is 2.56 bits per heavy atom. The molecule has 1 aromatic carbocycles. The zero-order valence-corrected chi connectivity index (χ0v) is 15.7. The van der Waals surface area contributed by atoms with Gasteiger partial charge in [-0.2, -0.15) is 0 Å². The number of methoxy groups -OCH3 is 1. The van der Waals surface area contributed by atoms with Gasteiger partial charge >= 0.3 is 5.97 Å². The average molecular weight is 341 g/mol. The molecule has 0 spiro atoms. The van der Waals surface area contributed by atoms with E-state index >= 15 is 0 Å². The molecule has 1 saturated carbocycles. The molecule has 3 unspecified atom stereocenters. The number of allylic oxidation sites excluding steroid dienone is 3. The van der Waals surface area contributed by atoms with Crippen molar-refractivity contribution >= 4 is 5.97 Å². The van der Waals surface area contributed by atoms with Gasteiger partial charge in [0.05, 0.1) is 7.11 Å². The van der Waals surface area contributed by atoms with E-state index in [9.17, 15) is 4.79 Å². The maximum absolute atomic E-state index is 11.6. The summed E-state index contributed by atoms with van der Waals surface area (Å²) in [7, 11) is 1.42. The smallest absolute Gasteiger partial charge is 0.333 e. The lowest BCUT2D eigenvalue weighted by molar-refractivity contribution is -0.136. The fraction of sp³-hybridized carbons (Fsp3) is 0.500. The number of hydrogen-bond acceptors (Lipinski definition) is 3. The third kappa shape index (κ3) is 5.57. The van der Waals surface area contributed by atoms with Crippen LogP contribution in [0.25, 0.3) is 0 Å². The molecule has 2 N–H and O–H groups in total. The van der Waals surface area contributed by atoms with E-state index in [-0.39, 0.29) is 5.97 Å². The number of esters is 1. The zero-order valence-electron chi connectivity index (χ0n) is 15.7. The topological polar surface area (TPSA) is 52.3 Å². The van der Waals surface area contributed by atoms with E-state index in [0.717, 1.165) is 19.4 Å². The average Bonchev–Trinajstić information content (AvgIpc) is 2.66. The van der Waals surface area contributed by atoms with Gasteiger partial charge in [0.1, 0.15) is 0 Å². The number of rotatable bonds is 6. The summed E-state index contributed by atoms with van der Waals surface area (Å²) in [6.07, 6.45) is 8.65. The van der Waals surface area contributed by atoms with Gasteiger partial charge in [-0.3, -0.25) is 0 Å². The minimum Gasteiger partial charge on any atom is -0.466 e. The van der Waals surface area contributed by atoms with Crippen LogP contribution in [0.5, 0.6) is 0 Å².